The van der Waals surface area contributed by atoms with Crippen molar-refractivity contribution >= 4 is 40.1 Å². The first-order valence-electron chi connectivity index (χ1n) is 8.75. The van der Waals surface area contributed by atoms with Gasteiger partial charge in [0, 0.05) is 32.9 Å². The number of carbonyl (C=O) groups excluding carboxylic acids is 3. The van der Waals surface area contributed by atoms with Crippen LogP contribution in [0.25, 0.3) is 0 Å². The van der Waals surface area contributed by atoms with Gasteiger partial charge in [0.05, 0.1) is 17.8 Å². The van der Waals surface area contributed by atoms with Gasteiger partial charge in [-0.05, 0) is 12.1 Å². The van der Waals surface area contributed by atoms with Gasteiger partial charge in [0.15, 0.2) is 6.61 Å². The van der Waals surface area contributed by atoms with Crippen molar-refractivity contribution in [3.63, 3.8) is 0 Å². The van der Waals surface area contributed by atoms with Gasteiger partial charge in [0.1, 0.15) is 17.5 Å². The predicted octanol–water partition coefficient (Wildman–Crippen LogP) is 1.98. The molecule has 0 radical (unpaired) electrons. The maximum absolute atomic E-state index is 12.5. The van der Waals surface area contributed by atoms with E-state index in [4.69, 9.17) is 4.74 Å². The summed E-state index contributed by atoms with van der Waals surface area (Å²) in [6, 6.07) is 9.50. The van der Waals surface area contributed by atoms with Gasteiger partial charge in [-0.3, -0.25) is 14.4 Å². The summed E-state index contributed by atoms with van der Waals surface area (Å²) in [6.07, 6.45) is 0.0171. The Morgan fingerprint density at radius 3 is 2.39 bits per heavy atom. The van der Waals surface area contributed by atoms with Gasteiger partial charge < -0.3 is 19.4 Å². The molecule has 0 unspecified atom stereocenters. The number of ether oxygens (including phenoxy) is 1. The Bertz CT molecular complexity index is 861. The molecule has 2 heterocycles. The van der Waals surface area contributed by atoms with Crippen LogP contribution < -0.4 is 9.80 Å². The van der Waals surface area contributed by atoms with Crippen LogP contribution in [0, 0.1) is 11.3 Å². The number of hydrogen-bond acceptors (Lipinski definition) is 8. The van der Waals surface area contributed by atoms with Crippen molar-refractivity contribution in [1.29, 1.82) is 5.26 Å². The summed E-state index contributed by atoms with van der Waals surface area (Å²) in [7, 11) is 3.55. The normalized spacial score (nSPS) is 15.5. The molecule has 0 N–H and O–H groups in total. The molecule has 1 saturated heterocycles. The molecule has 0 bridgehead atoms. The van der Waals surface area contributed by atoms with Crippen LogP contribution in [0.4, 0.5) is 16.2 Å². The molecule has 1 aromatic carbocycles. The van der Waals surface area contributed by atoms with Gasteiger partial charge >= 0.3 is 5.97 Å². The maximum Gasteiger partial charge on any atom is 0.308 e. The lowest BCUT2D eigenvalue weighted by atomic mass is 10.2. The number of esters is 1. The molecule has 1 fully saturated rings. The molecule has 9 heteroatoms. The summed E-state index contributed by atoms with van der Waals surface area (Å²) in [5.74, 6) is 0.0286. The molecule has 3 rings (SSSR count). The zero-order valence-corrected chi connectivity index (χ0v) is 16.5. The fourth-order valence-corrected chi connectivity index (χ4v) is 4.05. The zero-order chi connectivity index (χ0) is 20.3. The van der Waals surface area contributed by atoms with E-state index in [1.165, 1.54) is 11.8 Å². The van der Waals surface area contributed by atoms with Crippen molar-refractivity contribution in [2.75, 3.05) is 49.3 Å². The van der Waals surface area contributed by atoms with Gasteiger partial charge in [0.2, 0.25) is 5.78 Å². The third-order valence-electron chi connectivity index (χ3n) is 4.65. The molecule has 146 valence electrons. The van der Waals surface area contributed by atoms with E-state index in [1.807, 2.05) is 30.3 Å². The molecular formula is C19H20N4O4S. The van der Waals surface area contributed by atoms with Gasteiger partial charge in [0.25, 0.3) is 5.24 Å². The van der Waals surface area contributed by atoms with Crippen LogP contribution in [-0.4, -0.2) is 61.4 Å². The van der Waals surface area contributed by atoms with Gasteiger partial charge in [-0.15, -0.1) is 0 Å². The Morgan fingerprint density at radius 1 is 1.21 bits per heavy atom. The number of carbonyl (C=O) groups is 3. The molecule has 28 heavy (non-hydrogen) atoms. The quantitative estimate of drug-likeness (QED) is 0.406. The first-order valence-corrected chi connectivity index (χ1v) is 9.74. The van der Waals surface area contributed by atoms with E-state index < -0.39 is 18.4 Å². The minimum atomic E-state index is -0.572. The topological polar surface area (TPSA) is 94.0 Å². The second-order valence-electron chi connectivity index (χ2n) is 6.35. The molecule has 8 nitrogen and oxygen atoms in total. The summed E-state index contributed by atoms with van der Waals surface area (Å²) in [4.78, 5) is 41.1. The summed E-state index contributed by atoms with van der Waals surface area (Å²) in [5.41, 5.74) is 1.69. The van der Waals surface area contributed by atoms with Crippen molar-refractivity contribution in [3.8, 4) is 6.07 Å². The molecule has 1 aromatic rings. The lowest BCUT2D eigenvalue weighted by Gasteiger charge is -2.20. The van der Waals surface area contributed by atoms with Crippen LogP contribution in [0.15, 0.2) is 35.7 Å². The van der Waals surface area contributed by atoms with E-state index in [9.17, 15) is 19.6 Å². The van der Waals surface area contributed by atoms with E-state index in [2.05, 4.69) is 0 Å². The average molecular weight is 400 g/mol. The van der Waals surface area contributed by atoms with Crippen LogP contribution in [0.5, 0.6) is 0 Å². The van der Waals surface area contributed by atoms with E-state index in [0.717, 1.165) is 17.1 Å². The van der Waals surface area contributed by atoms with Crippen molar-refractivity contribution in [1.82, 2.24) is 4.90 Å². The Balaban J connectivity index is 1.63. The lowest BCUT2D eigenvalue weighted by Crippen LogP contribution is -2.29. The molecule has 0 spiro atoms. The van der Waals surface area contributed by atoms with E-state index in [0.29, 0.717) is 12.4 Å². The Labute approximate surface area is 167 Å². The van der Waals surface area contributed by atoms with E-state index >= 15 is 0 Å². The SMILES string of the molecule is CN1C(=C(C#N)C(=O)COC(=O)CCN2CCSC2=O)N(C)c2ccccc21. The molecule has 2 aliphatic heterocycles. The minimum Gasteiger partial charge on any atom is -0.457 e. The number of para-hydroxylation sites is 2. The number of ketones is 1. The fourth-order valence-electron chi connectivity index (χ4n) is 3.20. The fraction of sp³-hybridized carbons (Fsp3) is 0.368. The second kappa shape index (κ2) is 8.35. The highest BCUT2D eigenvalue weighted by Gasteiger charge is 2.31. The standard InChI is InChI=1S/C19H20N4O4S/c1-21-14-5-3-4-6-15(14)22(2)18(21)13(11-20)16(24)12-27-17(25)7-8-23-9-10-28-19(23)26/h3-6H,7-10,12H2,1-2H3. The summed E-state index contributed by atoms with van der Waals surface area (Å²) in [6.45, 7) is 0.372. The first-order chi connectivity index (χ1) is 13.4. The van der Waals surface area contributed by atoms with Crippen LogP contribution in [0.2, 0.25) is 0 Å². The van der Waals surface area contributed by atoms with Gasteiger partial charge in [-0.1, -0.05) is 23.9 Å². The predicted molar refractivity (Wildman–Crippen MR) is 106 cm³/mol. The maximum atomic E-state index is 12.5. The summed E-state index contributed by atoms with van der Waals surface area (Å²) < 4.78 is 5.03. The lowest BCUT2D eigenvalue weighted by molar-refractivity contribution is -0.147. The molecule has 0 atom stereocenters. The minimum absolute atomic E-state index is 0.0171. The van der Waals surface area contributed by atoms with Crippen molar-refractivity contribution in [2.24, 2.45) is 0 Å². The summed E-state index contributed by atoms with van der Waals surface area (Å²) >= 11 is 1.22. The number of fused-ring (bicyclic) bond motifs is 1. The molecule has 0 aromatic heterocycles. The number of nitriles is 1. The highest BCUT2D eigenvalue weighted by Crippen LogP contribution is 2.40. The number of anilines is 2. The highest BCUT2D eigenvalue weighted by atomic mass is 32.2. The first kappa shape index (κ1) is 19.8. The third kappa shape index (κ3) is 3.82. The van der Waals surface area contributed by atoms with Crippen LogP contribution >= 0.6 is 11.8 Å². The Hall–Kier alpha value is -2.99. The molecule has 0 saturated carbocycles. The van der Waals surface area contributed by atoms with Gasteiger partial charge in [-0.25, -0.2) is 0 Å². The zero-order valence-electron chi connectivity index (χ0n) is 15.7. The number of hydrogen-bond donors (Lipinski definition) is 0. The van der Waals surface area contributed by atoms with Crippen LogP contribution in [0.3, 0.4) is 0 Å². The summed E-state index contributed by atoms with van der Waals surface area (Å²) in [5, 5.41) is 9.49. The number of amides is 1. The Kier molecular flexibility index (Phi) is 5.90. The number of benzene rings is 1. The van der Waals surface area contributed by atoms with Crippen molar-refractivity contribution in [2.45, 2.75) is 6.42 Å². The number of Topliss-reactive ketones (excluding diaryl/α,β-unsaturated/α-hetero) is 1. The van der Waals surface area contributed by atoms with Crippen LogP contribution in [0.1, 0.15) is 6.42 Å². The number of rotatable bonds is 6. The molecule has 1 amide bonds. The van der Waals surface area contributed by atoms with E-state index in [1.54, 1.807) is 28.8 Å². The molecule has 2 aliphatic rings. The third-order valence-corrected chi connectivity index (χ3v) is 5.54. The largest absolute Gasteiger partial charge is 0.457 e. The number of thioether (sulfide) groups is 1. The van der Waals surface area contributed by atoms with Crippen molar-refractivity contribution in [3.05, 3.63) is 35.7 Å². The number of nitrogens with zero attached hydrogens (tertiary/aromatic N) is 4. The van der Waals surface area contributed by atoms with Crippen LogP contribution in [-0.2, 0) is 14.3 Å². The molecular weight excluding hydrogens is 380 g/mol. The van der Waals surface area contributed by atoms with E-state index in [-0.39, 0.29) is 23.8 Å². The average Bonchev–Trinajstić information content (AvgIpc) is 3.22. The second-order valence-corrected chi connectivity index (χ2v) is 7.40. The monoisotopic (exact) mass is 400 g/mol. The highest BCUT2D eigenvalue weighted by molar-refractivity contribution is 8.13. The van der Waals surface area contributed by atoms with Crippen molar-refractivity contribution < 1.29 is 19.1 Å². The smallest absolute Gasteiger partial charge is 0.308 e. The Morgan fingerprint density at radius 2 is 1.86 bits per heavy atom. The van der Waals surface area contributed by atoms with Gasteiger partial charge in [-0.2, -0.15) is 5.26 Å². The molecule has 0 aliphatic carbocycles.